The van der Waals surface area contributed by atoms with Gasteiger partial charge in [0.25, 0.3) is 5.91 Å². The number of carbonyl (C=O) groups is 1. The van der Waals surface area contributed by atoms with Crippen molar-refractivity contribution < 1.29 is 9.53 Å². The zero-order valence-electron chi connectivity index (χ0n) is 16.9. The summed E-state index contributed by atoms with van der Waals surface area (Å²) in [7, 11) is 0. The van der Waals surface area contributed by atoms with E-state index in [0.29, 0.717) is 6.54 Å². The van der Waals surface area contributed by atoms with Crippen molar-refractivity contribution in [3.05, 3.63) is 66.0 Å². The molecule has 154 valence electrons. The summed E-state index contributed by atoms with van der Waals surface area (Å²) in [6.07, 6.45) is 1.58. The van der Waals surface area contributed by atoms with E-state index in [0.717, 1.165) is 71.0 Å². The first-order valence-electron chi connectivity index (χ1n) is 10.4. The van der Waals surface area contributed by atoms with Gasteiger partial charge in [0.2, 0.25) is 0 Å². The largest absolute Gasteiger partial charge is 0.378 e. The third-order valence-corrected chi connectivity index (χ3v) is 6.04. The van der Waals surface area contributed by atoms with Crippen molar-refractivity contribution in [3.8, 4) is 22.5 Å². The number of amides is 1. The van der Waals surface area contributed by atoms with E-state index < -0.39 is 0 Å². The lowest BCUT2D eigenvalue weighted by Crippen LogP contribution is -2.36. The minimum Gasteiger partial charge on any atom is -0.378 e. The summed E-state index contributed by atoms with van der Waals surface area (Å²) in [4.78, 5) is 26.6. The first-order valence-corrected chi connectivity index (χ1v) is 10.4. The molecule has 2 aromatic carbocycles. The van der Waals surface area contributed by atoms with E-state index in [4.69, 9.17) is 4.74 Å². The molecule has 2 N–H and O–H groups in total. The number of aromatic amines is 1. The van der Waals surface area contributed by atoms with Crippen LogP contribution >= 0.6 is 0 Å². The Kier molecular flexibility index (Phi) is 4.21. The molecule has 0 spiro atoms. The van der Waals surface area contributed by atoms with Crippen LogP contribution in [-0.4, -0.2) is 47.2 Å². The molecule has 2 aromatic heterocycles. The van der Waals surface area contributed by atoms with E-state index in [-0.39, 0.29) is 5.91 Å². The fraction of sp³-hybridized carbons (Fsp3) is 0.208. The molecule has 0 saturated carbocycles. The number of H-pyrrole nitrogens is 1. The summed E-state index contributed by atoms with van der Waals surface area (Å²) in [5, 5.41) is 3.83. The average Bonchev–Trinajstić information content (AvgIpc) is 3.43. The number of nitrogens with zero attached hydrogens (tertiary/aromatic N) is 3. The van der Waals surface area contributed by atoms with E-state index >= 15 is 0 Å². The molecule has 6 rings (SSSR count). The Labute approximate surface area is 179 Å². The minimum absolute atomic E-state index is 0.0150. The van der Waals surface area contributed by atoms with Gasteiger partial charge in [0, 0.05) is 47.5 Å². The normalized spacial score (nSPS) is 15.9. The molecule has 0 aliphatic carbocycles. The zero-order chi connectivity index (χ0) is 20.8. The smallest absolute Gasteiger partial charge is 0.251 e. The maximum Gasteiger partial charge on any atom is 0.251 e. The summed E-state index contributed by atoms with van der Waals surface area (Å²) in [5.74, 6) is -0.0150. The number of carbonyl (C=O) groups excluding carboxylic acids is 1. The topological polar surface area (TPSA) is 83.1 Å². The van der Waals surface area contributed by atoms with E-state index in [9.17, 15) is 4.79 Å². The van der Waals surface area contributed by atoms with Gasteiger partial charge in [-0.1, -0.05) is 18.2 Å². The first-order chi connectivity index (χ1) is 15.3. The van der Waals surface area contributed by atoms with Crippen LogP contribution in [0.15, 0.2) is 54.9 Å². The second kappa shape index (κ2) is 7.21. The predicted molar refractivity (Wildman–Crippen MR) is 119 cm³/mol. The third kappa shape index (κ3) is 3.14. The van der Waals surface area contributed by atoms with Crippen LogP contribution in [0.1, 0.15) is 15.9 Å². The molecule has 4 aromatic rings. The van der Waals surface area contributed by atoms with Gasteiger partial charge in [-0.3, -0.25) is 4.79 Å². The van der Waals surface area contributed by atoms with Crippen molar-refractivity contribution in [3.63, 3.8) is 0 Å². The highest BCUT2D eigenvalue weighted by Gasteiger charge is 2.20. The summed E-state index contributed by atoms with van der Waals surface area (Å²) >= 11 is 0. The monoisotopic (exact) mass is 411 g/mol. The number of fused-ring (bicyclic) bond motifs is 2. The molecule has 1 amide bonds. The van der Waals surface area contributed by atoms with Gasteiger partial charge in [-0.15, -0.1) is 0 Å². The Morgan fingerprint density at radius 2 is 1.74 bits per heavy atom. The quantitative estimate of drug-likeness (QED) is 0.540. The molecule has 1 fully saturated rings. The van der Waals surface area contributed by atoms with E-state index in [1.54, 1.807) is 6.33 Å². The number of aromatic nitrogens is 3. The van der Waals surface area contributed by atoms with Crippen LogP contribution in [0.2, 0.25) is 0 Å². The van der Waals surface area contributed by atoms with E-state index in [1.807, 2.05) is 18.2 Å². The number of ether oxygens (including phenoxy) is 1. The summed E-state index contributed by atoms with van der Waals surface area (Å²) in [6.45, 7) is 3.96. The van der Waals surface area contributed by atoms with Gasteiger partial charge in [-0.2, -0.15) is 0 Å². The molecule has 7 nitrogen and oxygen atoms in total. The first kappa shape index (κ1) is 18.1. The van der Waals surface area contributed by atoms with Gasteiger partial charge in [-0.25, -0.2) is 9.97 Å². The van der Waals surface area contributed by atoms with Gasteiger partial charge < -0.3 is 19.9 Å². The molecule has 2 aliphatic heterocycles. The fourth-order valence-corrected chi connectivity index (χ4v) is 4.38. The molecule has 0 atom stereocenters. The molecule has 0 radical (unpaired) electrons. The van der Waals surface area contributed by atoms with Crippen molar-refractivity contribution >= 4 is 22.6 Å². The Morgan fingerprint density at radius 1 is 0.935 bits per heavy atom. The van der Waals surface area contributed by atoms with Gasteiger partial charge in [0.1, 0.15) is 12.0 Å². The molecular formula is C24H21N5O2. The summed E-state index contributed by atoms with van der Waals surface area (Å²) in [5.41, 5.74) is 7.70. The second-order valence-corrected chi connectivity index (χ2v) is 7.87. The van der Waals surface area contributed by atoms with Crippen molar-refractivity contribution in [1.29, 1.82) is 0 Å². The molecule has 0 unspecified atom stereocenters. The maximum absolute atomic E-state index is 11.9. The molecule has 31 heavy (non-hydrogen) atoms. The lowest BCUT2D eigenvalue weighted by Gasteiger charge is -2.28. The van der Waals surface area contributed by atoms with Crippen molar-refractivity contribution in [2.75, 3.05) is 31.2 Å². The number of hydrogen-bond acceptors (Lipinski definition) is 5. The highest BCUT2D eigenvalue weighted by Crippen LogP contribution is 2.32. The SMILES string of the molecule is O=C1NCc2cc(-c3ncnc4[nH]c(-c5ccc(N6CCOCC6)cc5)cc34)ccc21. The van der Waals surface area contributed by atoms with Crippen LogP contribution in [-0.2, 0) is 11.3 Å². The number of nitrogens with one attached hydrogen (secondary N) is 2. The molecular weight excluding hydrogens is 390 g/mol. The van der Waals surface area contributed by atoms with Crippen LogP contribution in [0.4, 0.5) is 5.69 Å². The highest BCUT2D eigenvalue weighted by atomic mass is 16.5. The summed E-state index contributed by atoms with van der Waals surface area (Å²) in [6, 6.07) is 16.6. The highest BCUT2D eigenvalue weighted by molar-refractivity contribution is 6.00. The van der Waals surface area contributed by atoms with Crippen molar-refractivity contribution in [2.24, 2.45) is 0 Å². The molecule has 2 aliphatic rings. The molecule has 0 bridgehead atoms. The number of rotatable bonds is 3. The van der Waals surface area contributed by atoms with Crippen LogP contribution in [0, 0.1) is 0 Å². The van der Waals surface area contributed by atoms with E-state index in [2.05, 4.69) is 55.5 Å². The van der Waals surface area contributed by atoms with Gasteiger partial charge in [0.15, 0.2) is 0 Å². The zero-order valence-corrected chi connectivity index (χ0v) is 16.9. The minimum atomic E-state index is -0.0150. The van der Waals surface area contributed by atoms with Gasteiger partial charge in [-0.05, 0) is 41.5 Å². The Hall–Kier alpha value is -3.71. The van der Waals surface area contributed by atoms with Crippen LogP contribution < -0.4 is 10.2 Å². The second-order valence-electron chi connectivity index (χ2n) is 7.87. The standard InChI is InChI=1S/C24H21N5O2/c30-24-19-6-3-16(11-17(19)13-25-24)22-20-12-21(28-23(20)27-14-26-22)15-1-4-18(5-2-15)29-7-9-31-10-8-29/h1-6,11-12,14H,7-10,13H2,(H,25,30)(H,26,27,28). The number of benzene rings is 2. The Bertz CT molecular complexity index is 1290. The fourth-order valence-electron chi connectivity index (χ4n) is 4.38. The van der Waals surface area contributed by atoms with Gasteiger partial charge >= 0.3 is 0 Å². The lowest BCUT2D eigenvalue weighted by molar-refractivity contribution is 0.0965. The van der Waals surface area contributed by atoms with E-state index in [1.165, 1.54) is 5.69 Å². The lowest BCUT2D eigenvalue weighted by atomic mass is 10.0. The van der Waals surface area contributed by atoms with Crippen LogP contribution in [0.5, 0.6) is 0 Å². The number of anilines is 1. The van der Waals surface area contributed by atoms with Crippen molar-refractivity contribution in [2.45, 2.75) is 6.54 Å². The predicted octanol–water partition coefficient (Wildman–Crippen LogP) is 3.37. The average molecular weight is 411 g/mol. The van der Waals surface area contributed by atoms with Crippen molar-refractivity contribution in [1.82, 2.24) is 20.3 Å². The maximum atomic E-state index is 11.9. The molecule has 7 heteroatoms. The molecule has 4 heterocycles. The number of morpholine rings is 1. The van der Waals surface area contributed by atoms with Gasteiger partial charge in [0.05, 0.1) is 18.9 Å². The van der Waals surface area contributed by atoms with Crippen LogP contribution in [0.3, 0.4) is 0 Å². The van der Waals surface area contributed by atoms with Crippen LogP contribution in [0.25, 0.3) is 33.5 Å². The molecule has 1 saturated heterocycles. The Balaban J connectivity index is 1.36. The third-order valence-electron chi connectivity index (χ3n) is 6.04. The Morgan fingerprint density at radius 3 is 2.58 bits per heavy atom. The summed E-state index contributed by atoms with van der Waals surface area (Å²) < 4.78 is 5.45. The number of hydrogen-bond donors (Lipinski definition) is 2.